The Bertz CT molecular complexity index is 577. The van der Waals surface area contributed by atoms with E-state index in [1.807, 2.05) is 25.1 Å². The number of thiazole rings is 1. The van der Waals surface area contributed by atoms with Crippen LogP contribution < -0.4 is 10.6 Å². The van der Waals surface area contributed by atoms with E-state index in [-0.39, 0.29) is 5.91 Å². The summed E-state index contributed by atoms with van der Waals surface area (Å²) in [4.78, 5) is 16.2. The second kappa shape index (κ2) is 6.12. The molecule has 0 atom stereocenters. The molecule has 0 aliphatic rings. The monoisotopic (exact) mass is 277 g/mol. The van der Waals surface area contributed by atoms with Crippen LogP contribution in [0.3, 0.4) is 0 Å². The van der Waals surface area contributed by atoms with Crippen molar-refractivity contribution in [2.24, 2.45) is 0 Å². The highest BCUT2D eigenvalue weighted by Gasteiger charge is 2.05. The van der Waals surface area contributed by atoms with Crippen molar-refractivity contribution in [3.05, 3.63) is 23.2 Å². The first-order valence-corrected chi connectivity index (χ1v) is 7.26. The molecule has 0 radical (unpaired) electrons. The standard InChI is InChI=1S/C14H19N3OS/c1-9(2)15-7-6-14(18)17-11-4-5-12-13(8-11)19-10(3)16-12/h4-5,8-9,15H,6-7H2,1-3H3,(H,17,18). The molecule has 0 unspecified atom stereocenters. The van der Waals surface area contributed by atoms with Crippen LogP contribution in [0.1, 0.15) is 25.3 Å². The van der Waals surface area contributed by atoms with Gasteiger partial charge in [-0.1, -0.05) is 13.8 Å². The first-order chi connectivity index (χ1) is 9.04. The number of fused-ring (bicyclic) bond motifs is 1. The Balaban J connectivity index is 1.95. The van der Waals surface area contributed by atoms with Crippen molar-refractivity contribution in [1.82, 2.24) is 10.3 Å². The first kappa shape index (κ1) is 14.0. The van der Waals surface area contributed by atoms with E-state index in [9.17, 15) is 4.79 Å². The van der Waals surface area contributed by atoms with Crippen LogP contribution in [-0.2, 0) is 4.79 Å². The number of carbonyl (C=O) groups is 1. The predicted octanol–water partition coefficient (Wildman–Crippen LogP) is 2.93. The van der Waals surface area contributed by atoms with E-state index in [0.717, 1.165) is 20.9 Å². The fourth-order valence-electron chi connectivity index (χ4n) is 1.82. The number of aromatic nitrogens is 1. The minimum atomic E-state index is 0.0359. The smallest absolute Gasteiger partial charge is 0.225 e. The van der Waals surface area contributed by atoms with Crippen LogP contribution in [0.2, 0.25) is 0 Å². The zero-order chi connectivity index (χ0) is 13.8. The number of carbonyl (C=O) groups excluding carboxylic acids is 1. The maximum absolute atomic E-state index is 11.8. The van der Waals surface area contributed by atoms with E-state index in [1.54, 1.807) is 11.3 Å². The molecule has 5 heteroatoms. The average molecular weight is 277 g/mol. The van der Waals surface area contributed by atoms with E-state index in [4.69, 9.17) is 0 Å². The largest absolute Gasteiger partial charge is 0.326 e. The van der Waals surface area contributed by atoms with E-state index in [0.29, 0.717) is 19.0 Å². The molecule has 0 saturated heterocycles. The fraction of sp³-hybridized carbons (Fsp3) is 0.429. The molecule has 1 heterocycles. The summed E-state index contributed by atoms with van der Waals surface area (Å²) in [5.74, 6) is 0.0359. The Hall–Kier alpha value is -1.46. The topological polar surface area (TPSA) is 54.0 Å². The summed E-state index contributed by atoms with van der Waals surface area (Å²) in [6.07, 6.45) is 0.484. The Morgan fingerprint density at radius 3 is 2.95 bits per heavy atom. The van der Waals surface area contributed by atoms with E-state index < -0.39 is 0 Å². The minimum Gasteiger partial charge on any atom is -0.326 e. The number of rotatable bonds is 5. The highest BCUT2D eigenvalue weighted by atomic mass is 32.1. The minimum absolute atomic E-state index is 0.0359. The summed E-state index contributed by atoms with van der Waals surface area (Å²) >= 11 is 1.64. The van der Waals surface area contributed by atoms with Gasteiger partial charge in [0.05, 0.1) is 15.2 Å². The molecule has 1 aromatic heterocycles. The number of hydrogen-bond donors (Lipinski definition) is 2. The number of nitrogens with zero attached hydrogens (tertiary/aromatic N) is 1. The summed E-state index contributed by atoms with van der Waals surface area (Å²) in [6.45, 7) is 6.82. The van der Waals surface area contributed by atoms with Gasteiger partial charge < -0.3 is 10.6 Å². The van der Waals surface area contributed by atoms with Gasteiger partial charge in [0, 0.05) is 24.7 Å². The van der Waals surface area contributed by atoms with Gasteiger partial charge in [-0.15, -0.1) is 11.3 Å². The quantitative estimate of drug-likeness (QED) is 0.883. The van der Waals surface area contributed by atoms with Crippen molar-refractivity contribution < 1.29 is 4.79 Å². The molecule has 0 aliphatic carbocycles. The molecule has 0 bridgehead atoms. The molecule has 1 amide bonds. The van der Waals surface area contributed by atoms with Gasteiger partial charge in [-0.05, 0) is 25.1 Å². The Morgan fingerprint density at radius 2 is 2.21 bits per heavy atom. The van der Waals surface area contributed by atoms with Gasteiger partial charge in [0.1, 0.15) is 0 Å². The van der Waals surface area contributed by atoms with Gasteiger partial charge in [-0.25, -0.2) is 4.98 Å². The van der Waals surface area contributed by atoms with Crippen molar-refractivity contribution in [3.63, 3.8) is 0 Å². The van der Waals surface area contributed by atoms with Crippen molar-refractivity contribution in [3.8, 4) is 0 Å². The van der Waals surface area contributed by atoms with E-state index in [2.05, 4.69) is 29.5 Å². The average Bonchev–Trinajstić information content (AvgIpc) is 2.67. The lowest BCUT2D eigenvalue weighted by atomic mass is 10.3. The lowest BCUT2D eigenvalue weighted by Gasteiger charge is -2.08. The van der Waals surface area contributed by atoms with Crippen molar-refractivity contribution in [2.45, 2.75) is 33.2 Å². The molecule has 19 heavy (non-hydrogen) atoms. The van der Waals surface area contributed by atoms with E-state index >= 15 is 0 Å². The first-order valence-electron chi connectivity index (χ1n) is 6.45. The zero-order valence-corrected chi connectivity index (χ0v) is 12.3. The Labute approximate surface area is 117 Å². The highest BCUT2D eigenvalue weighted by molar-refractivity contribution is 7.18. The van der Waals surface area contributed by atoms with Gasteiger partial charge in [-0.2, -0.15) is 0 Å². The second-order valence-corrected chi connectivity index (χ2v) is 6.06. The molecule has 0 aliphatic heterocycles. The van der Waals surface area contributed by atoms with Crippen molar-refractivity contribution in [2.75, 3.05) is 11.9 Å². The highest BCUT2D eigenvalue weighted by Crippen LogP contribution is 2.24. The van der Waals surface area contributed by atoms with Crippen LogP contribution >= 0.6 is 11.3 Å². The van der Waals surface area contributed by atoms with Crippen LogP contribution in [0.5, 0.6) is 0 Å². The lowest BCUT2D eigenvalue weighted by Crippen LogP contribution is -2.27. The van der Waals surface area contributed by atoms with Gasteiger partial charge in [0.2, 0.25) is 5.91 Å². The van der Waals surface area contributed by atoms with Crippen molar-refractivity contribution >= 4 is 33.1 Å². The summed E-state index contributed by atoms with van der Waals surface area (Å²) < 4.78 is 1.11. The van der Waals surface area contributed by atoms with Gasteiger partial charge in [0.25, 0.3) is 0 Å². The molecular weight excluding hydrogens is 258 g/mol. The number of aryl methyl sites for hydroxylation is 1. The Kier molecular flexibility index (Phi) is 4.50. The third-order valence-corrected chi connectivity index (χ3v) is 3.62. The number of benzene rings is 1. The molecular formula is C14H19N3OS. The summed E-state index contributed by atoms with van der Waals surface area (Å²) in [6, 6.07) is 6.23. The van der Waals surface area contributed by atoms with Crippen LogP contribution in [0.25, 0.3) is 10.2 Å². The van der Waals surface area contributed by atoms with Gasteiger partial charge >= 0.3 is 0 Å². The summed E-state index contributed by atoms with van der Waals surface area (Å²) in [7, 11) is 0. The normalized spacial score (nSPS) is 11.2. The molecule has 1 aromatic carbocycles. The third-order valence-electron chi connectivity index (χ3n) is 2.68. The molecule has 0 saturated carbocycles. The van der Waals surface area contributed by atoms with Gasteiger partial charge in [-0.3, -0.25) is 4.79 Å². The molecule has 2 N–H and O–H groups in total. The predicted molar refractivity (Wildman–Crippen MR) is 80.7 cm³/mol. The second-order valence-electron chi connectivity index (χ2n) is 4.82. The van der Waals surface area contributed by atoms with Gasteiger partial charge in [0.15, 0.2) is 0 Å². The van der Waals surface area contributed by atoms with Crippen LogP contribution in [-0.4, -0.2) is 23.5 Å². The molecule has 102 valence electrons. The number of anilines is 1. The van der Waals surface area contributed by atoms with Crippen LogP contribution in [0, 0.1) is 6.92 Å². The summed E-state index contributed by atoms with van der Waals surface area (Å²) in [5, 5.41) is 7.18. The van der Waals surface area contributed by atoms with E-state index in [1.165, 1.54) is 0 Å². The molecule has 4 nitrogen and oxygen atoms in total. The number of hydrogen-bond acceptors (Lipinski definition) is 4. The van der Waals surface area contributed by atoms with Crippen molar-refractivity contribution in [1.29, 1.82) is 0 Å². The number of nitrogens with one attached hydrogen (secondary N) is 2. The number of amides is 1. The fourth-order valence-corrected chi connectivity index (χ4v) is 2.68. The van der Waals surface area contributed by atoms with Crippen LogP contribution in [0.4, 0.5) is 5.69 Å². The maximum atomic E-state index is 11.8. The summed E-state index contributed by atoms with van der Waals surface area (Å²) in [5.41, 5.74) is 1.83. The zero-order valence-electron chi connectivity index (χ0n) is 11.5. The lowest BCUT2D eigenvalue weighted by molar-refractivity contribution is -0.116. The molecule has 0 spiro atoms. The molecule has 0 fully saturated rings. The third kappa shape index (κ3) is 4.01. The Morgan fingerprint density at radius 1 is 1.42 bits per heavy atom. The molecule has 2 aromatic rings. The molecule has 2 rings (SSSR count). The SMILES string of the molecule is Cc1nc2ccc(NC(=O)CCNC(C)C)cc2s1. The maximum Gasteiger partial charge on any atom is 0.225 e. The van der Waals surface area contributed by atoms with Crippen LogP contribution in [0.15, 0.2) is 18.2 Å².